The molecule has 162 valence electrons. The molecule has 0 saturated carbocycles. The highest BCUT2D eigenvalue weighted by atomic mass is 32.2. The summed E-state index contributed by atoms with van der Waals surface area (Å²) in [6.45, 7) is 3.77. The van der Waals surface area contributed by atoms with Crippen molar-refractivity contribution in [1.82, 2.24) is 5.32 Å². The number of amides is 1. The minimum atomic E-state index is -3.95. The number of methoxy groups -OCH3 is 1. The highest BCUT2D eigenvalue weighted by Crippen LogP contribution is 2.26. The second-order valence-electron chi connectivity index (χ2n) is 7.08. The van der Waals surface area contributed by atoms with Gasteiger partial charge in [-0.25, -0.2) is 12.8 Å². The zero-order valence-electron chi connectivity index (χ0n) is 17.3. The molecule has 31 heavy (non-hydrogen) atoms. The molecule has 0 aliphatic rings. The second-order valence-corrected chi connectivity index (χ2v) is 8.76. The van der Waals surface area contributed by atoms with Gasteiger partial charge in [0.05, 0.1) is 18.0 Å². The van der Waals surface area contributed by atoms with Crippen LogP contribution in [0.5, 0.6) is 5.75 Å². The number of carbonyl (C=O) groups excluding carboxylic acids is 1. The molecule has 0 aliphatic heterocycles. The molecule has 2 N–H and O–H groups in total. The van der Waals surface area contributed by atoms with E-state index in [4.69, 9.17) is 4.74 Å². The van der Waals surface area contributed by atoms with Crippen molar-refractivity contribution in [1.29, 1.82) is 0 Å². The number of halogens is 1. The Balaban J connectivity index is 1.80. The van der Waals surface area contributed by atoms with Gasteiger partial charge in [-0.2, -0.15) is 0 Å². The lowest BCUT2D eigenvalue weighted by atomic mass is 10.0. The molecule has 3 rings (SSSR count). The van der Waals surface area contributed by atoms with E-state index < -0.39 is 21.7 Å². The maximum absolute atomic E-state index is 13.1. The van der Waals surface area contributed by atoms with E-state index in [1.54, 1.807) is 7.11 Å². The first-order valence-corrected chi connectivity index (χ1v) is 11.0. The van der Waals surface area contributed by atoms with Gasteiger partial charge in [0, 0.05) is 16.8 Å². The lowest BCUT2D eigenvalue weighted by Crippen LogP contribution is -2.27. The number of aryl methyl sites for hydroxylation is 1. The Hall–Kier alpha value is -3.39. The fourth-order valence-corrected chi connectivity index (χ4v) is 4.19. The third-order valence-electron chi connectivity index (χ3n) is 4.70. The van der Waals surface area contributed by atoms with Gasteiger partial charge >= 0.3 is 0 Å². The molecule has 1 unspecified atom stereocenters. The molecule has 6 nitrogen and oxygen atoms in total. The van der Waals surface area contributed by atoms with E-state index in [0.717, 1.165) is 23.3 Å². The average molecular weight is 443 g/mol. The molecule has 0 saturated heterocycles. The molecule has 3 aromatic carbocycles. The van der Waals surface area contributed by atoms with E-state index >= 15 is 0 Å². The van der Waals surface area contributed by atoms with E-state index in [9.17, 15) is 17.6 Å². The van der Waals surface area contributed by atoms with Crippen molar-refractivity contribution >= 4 is 21.6 Å². The van der Waals surface area contributed by atoms with Gasteiger partial charge in [0.15, 0.2) is 0 Å². The Labute approximate surface area is 181 Å². The number of sulfonamides is 1. The van der Waals surface area contributed by atoms with Gasteiger partial charge in [-0.3, -0.25) is 9.52 Å². The van der Waals surface area contributed by atoms with Crippen LogP contribution in [-0.4, -0.2) is 21.4 Å². The van der Waals surface area contributed by atoms with Crippen LogP contribution in [0.15, 0.2) is 71.6 Å². The number of ether oxygens (including phenoxy) is 1. The number of nitrogens with one attached hydrogen (secondary N) is 2. The molecule has 0 fully saturated rings. The zero-order chi connectivity index (χ0) is 22.6. The summed E-state index contributed by atoms with van der Waals surface area (Å²) in [6.07, 6.45) is 0. The number of carbonyl (C=O) groups is 1. The van der Waals surface area contributed by atoms with Gasteiger partial charge in [0.1, 0.15) is 11.6 Å². The predicted molar refractivity (Wildman–Crippen MR) is 117 cm³/mol. The van der Waals surface area contributed by atoms with E-state index in [-0.39, 0.29) is 22.2 Å². The third kappa shape index (κ3) is 5.40. The standard InChI is InChI=1S/C23H23FN2O4S/c1-15-7-12-22(30-3)21(13-15)16(2)25-23(27)17-5-4-6-20(14-17)31(28,29)26-19-10-8-18(24)9-11-19/h4-14,16,26H,1-3H3,(H,25,27). The lowest BCUT2D eigenvalue weighted by Gasteiger charge is -2.18. The number of anilines is 1. The van der Waals surface area contributed by atoms with Crippen LogP contribution in [0.2, 0.25) is 0 Å². The Morgan fingerprint density at radius 1 is 1.03 bits per heavy atom. The Morgan fingerprint density at radius 3 is 2.42 bits per heavy atom. The van der Waals surface area contributed by atoms with Crippen molar-refractivity contribution in [3.8, 4) is 5.75 Å². The van der Waals surface area contributed by atoms with Crippen LogP contribution in [0.25, 0.3) is 0 Å². The molecular weight excluding hydrogens is 419 g/mol. The zero-order valence-corrected chi connectivity index (χ0v) is 18.2. The molecule has 1 amide bonds. The van der Waals surface area contributed by atoms with Crippen LogP contribution in [0.4, 0.5) is 10.1 Å². The Kier molecular flexibility index (Phi) is 6.60. The summed E-state index contributed by atoms with van der Waals surface area (Å²) in [4.78, 5) is 12.7. The average Bonchev–Trinajstić information content (AvgIpc) is 2.75. The van der Waals surface area contributed by atoms with Crippen molar-refractivity contribution in [2.24, 2.45) is 0 Å². The van der Waals surface area contributed by atoms with Crippen molar-refractivity contribution in [2.75, 3.05) is 11.8 Å². The first-order chi connectivity index (χ1) is 14.7. The van der Waals surface area contributed by atoms with Gasteiger partial charge in [0.25, 0.3) is 15.9 Å². The maximum Gasteiger partial charge on any atom is 0.261 e. The van der Waals surface area contributed by atoms with Crippen LogP contribution in [0.1, 0.15) is 34.5 Å². The summed E-state index contributed by atoms with van der Waals surface area (Å²) in [5, 5.41) is 2.87. The molecule has 8 heteroatoms. The smallest absolute Gasteiger partial charge is 0.261 e. The maximum atomic E-state index is 13.1. The molecule has 3 aromatic rings. The fourth-order valence-electron chi connectivity index (χ4n) is 3.09. The number of rotatable bonds is 7. The number of benzene rings is 3. The molecule has 0 aliphatic carbocycles. The molecule has 0 bridgehead atoms. The van der Waals surface area contributed by atoms with E-state index in [2.05, 4.69) is 10.0 Å². The highest BCUT2D eigenvalue weighted by Gasteiger charge is 2.19. The quantitative estimate of drug-likeness (QED) is 0.567. The summed E-state index contributed by atoms with van der Waals surface area (Å²) in [5.74, 6) is -0.242. The predicted octanol–water partition coefficient (Wildman–Crippen LogP) is 4.43. The molecule has 0 aromatic heterocycles. The van der Waals surface area contributed by atoms with Gasteiger partial charge in [-0.1, -0.05) is 23.8 Å². The normalized spacial score (nSPS) is 12.1. The Morgan fingerprint density at radius 2 is 1.74 bits per heavy atom. The summed E-state index contributed by atoms with van der Waals surface area (Å²) in [5.41, 5.74) is 2.26. The van der Waals surface area contributed by atoms with Crippen LogP contribution < -0.4 is 14.8 Å². The van der Waals surface area contributed by atoms with Crippen molar-refractivity contribution in [3.63, 3.8) is 0 Å². The Bertz CT molecular complexity index is 1190. The van der Waals surface area contributed by atoms with E-state index in [1.807, 2.05) is 32.0 Å². The van der Waals surface area contributed by atoms with Crippen LogP contribution >= 0.6 is 0 Å². The monoisotopic (exact) mass is 442 g/mol. The minimum Gasteiger partial charge on any atom is -0.496 e. The van der Waals surface area contributed by atoms with E-state index in [0.29, 0.717) is 5.75 Å². The highest BCUT2D eigenvalue weighted by molar-refractivity contribution is 7.92. The van der Waals surface area contributed by atoms with E-state index in [1.165, 1.54) is 36.4 Å². The molecular formula is C23H23FN2O4S. The molecule has 0 spiro atoms. The molecule has 0 heterocycles. The second kappa shape index (κ2) is 9.18. The van der Waals surface area contributed by atoms with Crippen molar-refractivity contribution < 1.29 is 22.3 Å². The molecule has 0 radical (unpaired) electrons. The summed E-state index contributed by atoms with van der Waals surface area (Å²) >= 11 is 0. The van der Waals surface area contributed by atoms with Crippen molar-refractivity contribution in [2.45, 2.75) is 24.8 Å². The van der Waals surface area contributed by atoms with Gasteiger partial charge < -0.3 is 10.1 Å². The lowest BCUT2D eigenvalue weighted by molar-refractivity contribution is 0.0939. The number of hydrogen-bond donors (Lipinski definition) is 2. The van der Waals surface area contributed by atoms with Gasteiger partial charge in [0.2, 0.25) is 0 Å². The SMILES string of the molecule is COc1ccc(C)cc1C(C)NC(=O)c1cccc(S(=O)(=O)Nc2ccc(F)cc2)c1. The summed E-state index contributed by atoms with van der Waals surface area (Å²) in [7, 11) is -2.39. The van der Waals surface area contributed by atoms with Crippen LogP contribution in [-0.2, 0) is 10.0 Å². The fraction of sp³-hybridized carbons (Fsp3) is 0.174. The summed E-state index contributed by atoms with van der Waals surface area (Å²) < 4.78 is 46.1. The van der Waals surface area contributed by atoms with Gasteiger partial charge in [-0.15, -0.1) is 0 Å². The first-order valence-electron chi connectivity index (χ1n) is 9.53. The topological polar surface area (TPSA) is 84.5 Å². The third-order valence-corrected chi connectivity index (χ3v) is 6.08. The largest absolute Gasteiger partial charge is 0.496 e. The molecule has 1 atom stereocenters. The first kappa shape index (κ1) is 22.3. The summed E-state index contributed by atoms with van der Waals surface area (Å²) in [6, 6.07) is 16.0. The minimum absolute atomic E-state index is 0.0785. The van der Waals surface area contributed by atoms with Crippen LogP contribution in [0.3, 0.4) is 0 Å². The van der Waals surface area contributed by atoms with Crippen molar-refractivity contribution in [3.05, 3.63) is 89.2 Å². The van der Waals surface area contributed by atoms with Crippen LogP contribution in [0, 0.1) is 12.7 Å². The number of hydrogen-bond acceptors (Lipinski definition) is 4. The van der Waals surface area contributed by atoms with Gasteiger partial charge in [-0.05, 0) is 62.4 Å².